The second-order valence-corrected chi connectivity index (χ2v) is 6.09. The quantitative estimate of drug-likeness (QED) is 0.457. The number of nitro benzene ring substituents is 1. The van der Waals surface area contributed by atoms with Gasteiger partial charge in [0, 0.05) is 35.6 Å². The molecule has 142 valence electrons. The van der Waals surface area contributed by atoms with E-state index >= 15 is 0 Å². The SMILES string of the molecule is O=C(CF)Nc1ccccc1-c1cccc(NCc2ccc([N+](=O)[O-])cc2)c1. The number of nitro groups is 1. The molecule has 0 heterocycles. The first kappa shape index (κ1) is 19.0. The molecule has 28 heavy (non-hydrogen) atoms. The van der Waals surface area contributed by atoms with Crippen molar-refractivity contribution in [1.82, 2.24) is 0 Å². The van der Waals surface area contributed by atoms with Crippen LogP contribution in [0.3, 0.4) is 0 Å². The fourth-order valence-corrected chi connectivity index (χ4v) is 2.76. The van der Waals surface area contributed by atoms with Gasteiger partial charge in [0.1, 0.15) is 0 Å². The van der Waals surface area contributed by atoms with E-state index in [1.165, 1.54) is 12.1 Å². The Balaban J connectivity index is 1.76. The Morgan fingerprint density at radius 1 is 1.00 bits per heavy atom. The van der Waals surface area contributed by atoms with E-state index in [0.717, 1.165) is 22.4 Å². The van der Waals surface area contributed by atoms with Gasteiger partial charge in [-0.1, -0.05) is 42.5 Å². The van der Waals surface area contributed by atoms with E-state index in [2.05, 4.69) is 10.6 Å². The summed E-state index contributed by atoms with van der Waals surface area (Å²) < 4.78 is 12.5. The van der Waals surface area contributed by atoms with Gasteiger partial charge in [0.05, 0.1) is 4.92 Å². The molecule has 1 amide bonds. The van der Waals surface area contributed by atoms with Crippen molar-refractivity contribution < 1.29 is 14.1 Å². The maximum atomic E-state index is 12.5. The molecule has 0 unspecified atom stereocenters. The number of anilines is 2. The highest BCUT2D eigenvalue weighted by atomic mass is 19.1. The predicted molar refractivity (Wildman–Crippen MR) is 107 cm³/mol. The number of nitrogens with zero attached hydrogens (tertiary/aromatic N) is 1. The fraction of sp³-hybridized carbons (Fsp3) is 0.0952. The number of amides is 1. The summed E-state index contributed by atoms with van der Waals surface area (Å²) in [5.74, 6) is -0.695. The molecule has 3 aromatic carbocycles. The van der Waals surface area contributed by atoms with E-state index in [0.29, 0.717) is 12.2 Å². The van der Waals surface area contributed by atoms with Gasteiger partial charge in [-0.3, -0.25) is 14.9 Å². The molecule has 0 atom stereocenters. The number of benzene rings is 3. The van der Waals surface area contributed by atoms with Crippen LogP contribution in [0, 0.1) is 10.1 Å². The average molecular weight is 379 g/mol. The van der Waals surface area contributed by atoms with Gasteiger partial charge in [-0.15, -0.1) is 0 Å². The molecule has 7 heteroatoms. The molecular weight excluding hydrogens is 361 g/mol. The molecule has 0 saturated carbocycles. The van der Waals surface area contributed by atoms with Gasteiger partial charge in [0.15, 0.2) is 6.67 Å². The Labute approximate surface area is 161 Å². The van der Waals surface area contributed by atoms with Crippen LogP contribution in [-0.4, -0.2) is 17.5 Å². The maximum absolute atomic E-state index is 12.5. The molecule has 0 aliphatic heterocycles. The normalized spacial score (nSPS) is 10.3. The number of halogens is 1. The number of hydrogen-bond acceptors (Lipinski definition) is 4. The number of para-hydroxylation sites is 1. The predicted octanol–water partition coefficient (Wildman–Crippen LogP) is 4.78. The van der Waals surface area contributed by atoms with Gasteiger partial charge in [-0.2, -0.15) is 0 Å². The topological polar surface area (TPSA) is 84.3 Å². The Morgan fingerprint density at radius 3 is 2.46 bits per heavy atom. The first-order valence-corrected chi connectivity index (χ1v) is 8.59. The third-order valence-electron chi connectivity index (χ3n) is 4.14. The summed E-state index contributed by atoms with van der Waals surface area (Å²) in [6.45, 7) is -0.577. The largest absolute Gasteiger partial charge is 0.381 e. The van der Waals surface area contributed by atoms with Crippen molar-refractivity contribution in [3.8, 4) is 11.1 Å². The van der Waals surface area contributed by atoms with Gasteiger partial charge in [0.25, 0.3) is 11.6 Å². The molecule has 2 N–H and O–H groups in total. The molecule has 0 aromatic heterocycles. The molecule has 3 aromatic rings. The van der Waals surface area contributed by atoms with E-state index in [9.17, 15) is 19.3 Å². The first-order chi connectivity index (χ1) is 13.6. The average Bonchev–Trinajstić information content (AvgIpc) is 2.73. The molecule has 0 radical (unpaired) electrons. The van der Waals surface area contributed by atoms with Crippen molar-refractivity contribution >= 4 is 23.0 Å². The van der Waals surface area contributed by atoms with E-state index < -0.39 is 17.5 Å². The van der Waals surface area contributed by atoms with E-state index in [-0.39, 0.29) is 5.69 Å². The molecular formula is C21H18FN3O3. The van der Waals surface area contributed by atoms with Crippen molar-refractivity contribution in [2.24, 2.45) is 0 Å². The first-order valence-electron chi connectivity index (χ1n) is 8.59. The zero-order valence-corrected chi connectivity index (χ0v) is 14.9. The minimum absolute atomic E-state index is 0.0534. The number of hydrogen-bond donors (Lipinski definition) is 2. The van der Waals surface area contributed by atoms with Crippen LogP contribution in [0.2, 0.25) is 0 Å². The summed E-state index contributed by atoms with van der Waals surface area (Å²) in [5.41, 5.74) is 4.00. The molecule has 0 saturated heterocycles. The van der Waals surface area contributed by atoms with E-state index in [1.54, 1.807) is 24.3 Å². The van der Waals surface area contributed by atoms with E-state index in [4.69, 9.17) is 0 Å². The molecule has 0 fully saturated rings. The van der Waals surface area contributed by atoms with Gasteiger partial charge < -0.3 is 10.6 Å². The van der Waals surface area contributed by atoms with Crippen LogP contribution >= 0.6 is 0 Å². The summed E-state index contributed by atoms with van der Waals surface area (Å²) in [4.78, 5) is 21.7. The Bertz CT molecular complexity index is 990. The number of rotatable bonds is 7. The van der Waals surface area contributed by atoms with Crippen LogP contribution in [0.1, 0.15) is 5.56 Å². The molecule has 0 aliphatic rings. The van der Waals surface area contributed by atoms with E-state index in [1.807, 2.05) is 36.4 Å². The summed E-state index contributed by atoms with van der Waals surface area (Å²) in [7, 11) is 0. The summed E-state index contributed by atoms with van der Waals surface area (Å²) in [6, 6.07) is 21.1. The minimum Gasteiger partial charge on any atom is -0.381 e. The maximum Gasteiger partial charge on any atom is 0.269 e. The van der Waals surface area contributed by atoms with Gasteiger partial charge in [0.2, 0.25) is 0 Å². The summed E-state index contributed by atoms with van der Waals surface area (Å²) in [6.07, 6.45) is 0. The van der Waals surface area contributed by atoms with Crippen LogP contribution < -0.4 is 10.6 Å². The van der Waals surface area contributed by atoms with Crippen molar-refractivity contribution in [2.75, 3.05) is 17.3 Å². The lowest BCUT2D eigenvalue weighted by Gasteiger charge is -2.12. The highest BCUT2D eigenvalue weighted by molar-refractivity contribution is 5.96. The number of carbonyl (C=O) groups excluding carboxylic acids is 1. The number of carbonyl (C=O) groups is 1. The Morgan fingerprint density at radius 2 is 1.75 bits per heavy atom. The van der Waals surface area contributed by atoms with Crippen LogP contribution in [0.15, 0.2) is 72.8 Å². The molecule has 0 spiro atoms. The van der Waals surface area contributed by atoms with Crippen LogP contribution in [0.5, 0.6) is 0 Å². The fourth-order valence-electron chi connectivity index (χ4n) is 2.76. The van der Waals surface area contributed by atoms with Gasteiger partial charge >= 0.3 is 0 Å². The van der Waals surface area contributed by atoms with Crippen molar-refractivity contribution in [3.05, 3.63) is 88.5 Å². The van der Waals surface area contributed by atoms with Crippen molar-refractivity contribution in [3.63, 3.8) is 0 Å². The molecule has 3 rings (SSSR count). The smallest absolute Gasteiger partial charge is 0.269 e. The minimum atomic E-state index is -1.08. The molecule has 0 bridgehead atoms. The van der Waals surface area contributed by atoms with Crippen LogP contribution in [0.4, 0.5) is 21.5 Å². The Hall–Kier alpha value is -3.74. The monoisotopic (exact) mass is 379 g/mol. The van der Waals surface area contributed by atoms with Crippen LogP contribution in [-0.2, 0) is 11.3 Å². The van der Waals surface area contributed by atoms with Crippen molar-refractivity contribution in [2.45, 2.75) is 6.54 Å². The van der Waals surface area contributed by atoms with Gasteiger partial charge in [-0.25, -0.2) is 4.39 Å². The third kappa shape index (κ3) is 4.70. The van der Waals surface area contributed by atoms with Crippen LogP contribution in [0.25, 0.3) is 11.1 Å². The highest BCUT2D eigenvalue weighted by Gasteiger charge is 2.09. The third-order valence-corrected chi connectivity index (χ3v) is 4.14. The zero-order valence-electron chi connectivity index (χ0n) is 14.9. The number of nitrogens with one attached hydrogen (secondary N) is 2. The highest BCUT2D eigenvalue weighted by Crippen LogP contribution is 2.29. The number of alkyl halides is 1. The lowest BCUT2D eigenvalue weighted by atomic mass is 10.0. The Kier molecular flexibility index (Phi) is 5.96. The summed E-state index contributed by atoms with van der Waals surface area (Å²) in [5, 5.41) is 16.6. The second kappa shape index (κ2) is 8.77. The lowest BCUT2D eigenvalue weighted by molar-refractivity contribution is -0.384. The second-order valence-electron chi connectivity index (χ2n) is 6.09. The standard InChI is InChI=1S/C21H18FN3O3/c22-13-21(26)24-20-7-2-1-6-19(20)16-4-3-5-17(12-16)23-14-15-8-10-18(11-9-15)25(27)28/h1-12,23H,13-14H2,(H,24,26). The molecule has 0 aliphatic carbocycles. The molecule has 6 nitrogen and oxygen atoms in total. The number of non-ortho nitro benzene ring substituents is 1. The van der Waals surface area contributed by atoms with Crippen molar-refractivity contribution in [1.29, 1.82) is 0 Å². The summed E-state index contributed by atoms with van der Waals surface area (Å²) >= 11 is 0. The zero-order chi connectivity index (χ0) is 19.9. The van der Waals surface area contributed by atoms with Gasteiger partial charge in [-0.05, 0) is 29.3 Å². The lowest BCUT2D eigenvalue weighted by Crippen LogP contribution is -2.13.